The summed E-state index contributed by atoms with van der Waals surface area (Å²) < 4.78 is 9.96. The zero-order chi connectivity index (χ0) is 11.1. The molecule has 5 heteroatoms. The number of carbonyl (C=O) groups is 1. The number of hydrogen-bond donors (Lipinski definition) is 2. The molecule has 1 atom stereocenters. The van der Waals surface area contributed by atoms with Crippen LogP contribution in [-0.2, 0) is 14.3 Å². The average Bonchev–Trinajstić information content (AvgIpc) is 2.31. The molecule has 0 aromatic carbocycles. The van der Waals surface area contributed by atoms with Gasteiger partial charge in [0, 0.05) is 14.2 Å². The summed E-state index contributed by atoms with van der Waals surface area (Å²) >= 11 is 0. The van der Waals surface area contributed by atoms with E-state index >= 15 is 0 Å². The number of methoxy groups -OCH3 is 2. The first kappa shape index (κ1) is 12.4. The van der Waals surface area contributed by atoms with E-state index in [0.29, 0.717) is 6.54 Å². The van der Waals surface area contributed by atoms with Crippen molar-refractivity contribution >= 4 is 5.91 Å². The van der Waals surface area contributed by atoms with Crippen LogP contribution >= 0.6 is 0 Å². The van der Waals surface area contributed by atoms with Gasteiger partial charge in [0.15, 0.2) is 6.29 Å². The lowest BCUT2D eigenvalue weighted by Gasteiger charge is -2.23. The van der Waals surface area contributed by atoms with E-state index in [1.165, 1.54) is 0 Å². The highest BCUT2D eigenvalue weighted by atomic mass is 16.7. The van der Waals surface area contributed by atoms with Gasteiger partial charge in [-0.05, 0) is 19.4 Å². The summed E-state index contributed by atoms with van der Waals surface area (Å²) in [5.41, 5.74) is 0. The first-order valence-electron chi connectivity index (χ1n) is 5.34. The lowest BCUT2D eigenvalue weighted by Crippen LogP contribution is -2.48. The van der Waals surface area contributed by atoms with Gasteiger partial charge in [-0.3, -0.25) is 4.79 Å². The summed E-state index contributed by atoms with van der Waals surface area (Å²) in [5, 5.41) is 5.99. The van der Waals surface area contributed by atoms with Gasteiger partial charge in [0.05, 0.1) is 12.6 Å². The Labute approximate surface area is 90.5 Å². The highest BCUT2D eigenvalue weighted by Crippen LogP contribution is 2.06. The van der Waals surface area contributed by atoms with Gasteiger partial charge < -0.3 is 20.1 Å². The van der Waals surface area contributed by atoms with Gasteiger partial charge in [-0.2, -0.15) is 0 Å². The van der Waals surface area contributed by atoms with Crippen molar-refractivity contribution in [1.82, 2.24) is 10.6 Å². The summed E-state index contributed by atoms with van der Waals surface area (Å²) in [5.74, 6) is 0.0359. The van der Waals surface area contributed by atoms with Gasteiger partial charge in [0.2, 0.25) is 5.91 Å². The van der Waals surface area contributed by atoms with E-state index in [4.69, 9.17) is 9.47 Å². The zero-order valence-electron chi connectivity index (χ0n) is 9.41. The van der Waals surface area contributed by atoms with Crippen LogP contribution in [0.25, 0.3) is 0 Å². The van der Waals surface area contributed by atoms with Crippen LogP contribution in [0, 0.1) is 0 Å². The molecule has 1 amide bonds. The van der Waals surface area contributed by atoms with Crippen molar-refractivity contribution in [2.75, 3.05) is 27.3 Å². The highest BCUT2D eigenvalue weighted by molar-refractivity contribution is 5.81. The summed E-state index contributed by atoms with van der Waals surface area (Å²) in [4.78, 5) is 11.6. The predicted molar refractivity (Wildman–Crippen MR) is 56.5 cm³/mol. The first-order valence-corrected chi connectivity index (χ1v) is 5.34. The van der Waals surface area contributed by atoms with E-state index in [0.717, 1.165) is 25.8 Å². The molecule has 15 heavy (non-hydrogen) atoms. The van der Waals surface area contributed by atoms with Crippen LogP contribution < -0.4 is 10.6 Å². The van der Waals surface area contributed by atoms with Crippen molar-refractivity contribution in [3.8, 4) is 0 Å². The second-order valence-electron chi connectivity index (χ2n) is 3.65. The van der Waals surface area contributed by atoms with Crippen LogP contribution in [-0.4, -0.2) is 45.5 Å². The minimum atomic E-state index is -0.363. The topological polar surface area (TPSA) is 59.6 Å². The smallest absolute Gasteiger partial charge is 0.237 e. The summed E-state index contributed by atoms with van der Waals surface area (Å²) in [6.45, 7) is 1.32. The molecule has 0 aromatic heterocycles. The van der Waals surface area contributed by atoms with Gasteiger partial charge >= 0.3 is 0 Å². The molecular formula is C10H20N2O3. The van der Waals surface area contributed by atoms with Crippen LogP contribution in [0.15, 0.2) is 0 Å². The third-order valence-corrected chi connectivity index (χ3v) is 2.60. The Kier molecular flexibility index (Phi) is 5.60. The number of nitrogens with one attached hydrogen (secondary N) is 2. The van der Waals surface area contributed by atoms with Crippen molar-refractivity contribution < 1.29 is 14.3 Å². The SMILES string of the molecule is COC(CNC(=O)[C@@H]1CCCCN1)OC. The van der Waals surface area contributed by atoms with Crippen LogP contribution in [0.3, 0.4) is 0 Å². The fourth-order valence-electron chi connectivity index (χ4n) is 1.65. The second-order valence-corrected chi connectivity index (χ2v) is 3.65. The maximum atomic E-state index is 11.6. The fraction of sp³-hybridized carbons (Fsp3) is 0.900. The maximum Gasteiger partial charge on any atom is 0.237 e. The molecule has 1 rings (SSSR count). The van der Waals surface area contributed by atoms with E-state index in [1.54, 1.807) is 14.2 Å². The van der Waals surface area contributed by atoms with Gasteiger partial charge in [0.1, 0.15) is 0 Å². The molecule has 2 N–H and O–H groups in total. The Bertz CT molecular complexity index is 189. The van der Waals surface area contributed by atoms with Gasteiger partial charge in [-0.25, -0.2) is 0 Å². The maximum absolute atomic E-state index is 11.6. The molecule has 0 unspecified atom stereocenters. The van der Waals surface area contributed by atoms with Crippen molar-refractivity contribution in [1.29, 1.82) is 0 Å². The average molecular weight is 216 g/mol. The molecule has 0 bridgehead atoms. The van der Waals surface area contributed by atoms with Crippen molar-refractivity contribution in [2.24, 2.45) is 0 Å². The molecular weight excluding hydrogens is 196 g/mol. The molecule has 0 aliphatic carbocycles. The summed E-state index contributed by atoms with van der Waals surface area (Å²) in [6.07, 6.45) is 2.82. The number of hydrogen-bond acceptors (Lipinski definition) is 4. The van der Waals surface area contributed by atoms with Gasteiger partial charge in [-0.1, -0.05) is 6.42 Å². The monoisotopic (exact) mass is 216 g/mol. The Morgan fingerprint density at radius 1 is 1.47 bits per heavy atom. The minimum Gasteiger partial charge on any atom is -0.354 e. The van der Waals surface area contributed by atoms with Crippen LogP contribution in [0.1, 0.15) is 19.3 Å². The van der Waals surface area contributed by atoms with Crippen molar-refractivity contribution in [3.63, 3.8) is 0 Å². The van der Waals surface area contributed by atoms with E-state index in [2.05, 4.69) is 10.6 Å². The van der Waals surface area contributed by atoms with Crippen LogP contribution in [0.4, 0.5) is 0 Å². The lowest BCUT2D eigenvalue weighted by molar-refractivity contribution is -0.129. The van der Waals surface area contributed by atoms with Gasteiger partial charge in [0.25, 0.3) is 0 Å². The predicted octanol–water partition coefficient (Wildman–Crippen LogP) is -0.136. The number of amides is 1. The standard InChI is InChI=1S/C10H20N2O3/c1-14-9(15-2)7-12-10(13)8-5-3-4-6-11-8/h8-9,11H,3-7H2,1-2H3,(H,12,13)/t8-/m0/s1. The number of rotatable bonds is 5. The van der Waals surface area contributed by atoms with Crippen LogP contribution in [0.2, 0.25) is 0 Å². The second kappa shape index (κ2) is 6.76. The minimum absolute atomic E-state index is 0.0359. The Balaban J connectivity index is 2.22. The molecule has 5 nitrogen and oxygen atoms in total. The molecule has 0 saturated carbocycles. The Morgan fingerprint density at radius 3 is 2.73 bits per heavy atom. The molecule has 1 aliphatic rings. The Morgan fingerprint density at radius 2 is 2.20 bits per heavy atom. The third-order valence-electron chi connectivity index (χ3n) is 2.60. The molecule has 0 aromatic rings. The number of piperidine rings is 1. The van der Waals surface area contributed by atoms with E-state index in [-0.39, 0.29) is 18.2 Å². The normalized spacial score (nSPS) is 21.7. The molecule has 1 saturated heterocycles. The number of ether oxygens (including phenoxy) is 2. The quantitative estimate of drug-likeness (QED) is 0.628. The van der Waals surface area contributed by atoms with Crippen molar-refractivity contribution in [3.05, 3.63) is 0 Å². The Hall–Kier alpha value is -0.650. The fourth-order valence-corrected chi connectivity index (χ4v) is 1.65. The van der Waals surface area contributed by atoms with Gasteiger partial charge in [-0.15, -0.1) is 0 Å². The van der Waals surface area contributed by atoms with E-state index in [1.807, 2.05) is 0 Å². The molecule has 1 fully saturated rings. The van der Waals surface area contributed by atoms with E-state index in [9.17, 15) is 4.79 Å². The third kappa shape index (κ3) is 4.15. The number of carbonyl (C=O) groups excluding carboxylic acids is 1. The van der Waals surface area contributed by atoms with E-state index < -0.39 is 0 Å². The first-order chi connectivity index (χ1) is 7.27. The van der Waals surface area contributed by atoms with Crippen molar-refractivity contribution in [2.45, 2.75) is 31.6 Å². The zero-order valence-corrected chi connectivity index (χ0v) is 9.41. The molecule has 1 aliphatic heterocycles. The summed E-state index contributed by atoms with van der Waals surface area (Å²) in [7, 11) is 3.11. The van der Waals surface area contributed by atoms with Crippen LogP contribution in [0.5, 0.6) is 0 Å². The highest BCUT2D eigenvalue weighted by Gasteiger charge is 2.20. The molecule has 88 valence electrons. The largest absolute Gasteiger partial charge is 0.354 e. The molecule has 1 heterocycles. The molecule has 0 spiro atoms. The lowest BCUT2D eigenvalue weighted by atomic mass is 10.0. The summed E-state index contributed by atoms with van der Waals surface area (Å²) in [6, 6.07) is -0.0480. The molecule has 0 radical (unpaired) electrons.